The molecule has 0 bridgehead atoms. The highest BCUT2D eigenvalue weighted by Gasteiger charge is 2.31. The molecule has 27 heavy (non-hydrogen) atoms. The van der Waals surface area contributed by atoms with Crippen LogP contribution in [0.15, 0.2) is 52.0 Å². The van der Waals surface area contributed by atoms with Gasteiger partial charge in [0.25, 0.3) is 5.91 Å². The summed E-state index contributed by atoms with van der Waals surface area (Å²) in [5.41, 5.74) is 1.69. The molecule has 0 aliphatic carbocycles. The minimum absolute atomic E-state index is 0.00517. The number of amides is 1. The largest absolute Gasteiger partial charge is 0.440 e. The quantitative estimate of drug-likeness (QED) is 0.685. The van der Waals surface area contributed by atoms with Gasteiger partial charge in [0.15, 0.2) is 21.3 Å². The molecular weight excluding hydrogens is 366 g/mol. The molecule has 3 aromatic rings. The van der Waals surface area contributed by atoms with Gasteiger partial charge in [-0.1, -0.05) is 6.92 Å². The maximum atomic E-state index is 12.6. The molecule has 7 nitrogen and oxygen atoms in total. The maximum absolute atomic E-state index is 12.6. The highest BCUT2D eigenvalue weighted by molar-refractivity contribution is 7.91. The van der Waals surface area contributed by atoms with Crippen molar-refractivity contribution in [2.24, 2.45) is 0 Å². The van der Waals surface area contributed by atoms with E-state index in [1.54, 1.807) is 54.5 Å². The van der Waals surface area contributed by atoms with Crippen LogP contribution in [0, 0.1) is 0 Å². The number of carbonyl (C=O) groups is 1. The van der Waals surface area contributed by atoms with E-state index in [0.717, 1.165) is 6.42 Å². The summed E-state index contributed by atoms with van der Waals surface area (Å²) < 4.78 is 29.9. The fraction of sp³-hybridized carbons (Fsp3) is 0.316. The van der Waals surface area contributed by atoms with Crippen LogP contribution in [0.1, 0.15) is 35.5 Å². The summed E-state index contributed by atoms with van der Waals surface area (Å²) in [7, 11) is -3.29. The number of pyridine rings is 1. The Hall–Kier alpha value is -2.74. The number of sulfone groups is 1. The summed E-state index contributed by atoms with van der Waals surface area (Å²) in [6.07, 6.45) is 3.96. The van der Waals surface area contributed by atoms with Crippen molar-refractivity contribution in [1.29, 1.82) is 0 Å². The maximum Gasteiger partial charge on any atom is 0.253 e. The highest BCUT2D eigenvalue weighted by Crippen LogP contribution is 2.31. The molecule has 3 heterocycles. The summed E-state index contributed by atoms with van der Waals surface area (Å²) in [6, 6.07) is 8.14. The molecule has 1 saturated heterocycles. The van der Waals surface area contributed by atoms with Gasteiger partial charge < -0.3 is 9.32 Å². The molecule has 8 heteroatoms. The topological polar surface area (TPSA) is 93.4 Å². The molecule has 4 rings (SSSR count). The SMILES string of the molecule is CCS(=O)(=O)c1ccc2oc([C@H]3CCN(C(=O)c4ccncc4)C3)nc2c1. The molecule has 0 spiro atoms. The van der Waals surface area contributed by atoms with Crippen molar-refractivity contribution >= 4 is 26.8 Å². The molecule has 1 atom stereocenters. The van der Waals surface area contributed by atoms with E-state index >= 15 is 0 Å². The minimum Gasteiger partial charge on any atom is -0.440 e. The molecule has 1 aromatic carbocycles. The van der Waals surface area contributed by atoms with E-state index in [1.165, 1.54) is 0 Å². The second kappa shape index (κ2) is 6.77. The van der Waals surface area contributed by atoms with Gasteiger partial charge in [-0.3, -0.25) is 9.78 Å². The van der Waals surface area contributed by atoms with Gasteiger partial charge in [-0.25, -0.2) is 13.4 Å². The first-order valence-electron chi connectivity index (χ1n) is 8.80. The van der Waals surface area contributed by atoms with Gasteiger partial charge >= 0.3 is 0 Å². The van der Waals surface area contributed by atoms with Gasteiger partial charge in [-0.05, 0) is 36.8 Å². The lowest BCUT2D eigenvalue weighted by molar-refractivity contribution is 0.0790. The number of nitrogens with zero attached hydrogens (tertiary/aromatic N) is 3. The zero-order chi connectivity index (χ0) is 19.0. The number of fused-ring (bicyclic) bond motifs is 1. The lowest BCUT2D eigenvalue weighted by atomic mass is 10.1. The number of benzene rings is 1. The van der Waals surface area contributed by atoms with Crippen molar-refractivity contribution in [1.82, 2.24) is 14.9 Å². The summed E-state index contributed by atoms with van der Waals surface area (Å²) in [5.74, 6) is 0.542. The van der Waals surface area contributed by atoms with E-state index in [9.17, 15) is 13.2 Å². The summed E-state index contributed by atoms with van der Waals surface area (Å²) in [4.78, 5) is 23.0. The van der Waals surface area contributed by atoms with Crippen LogP contribution in [0.4, 0.5) is 0 Å². The number of rotatable bonds is 4. The van der Waals surface area contributed by atoms with Crippen LogP contribution in [-0.2, 0) is 9.84 Å². The number of aromatic nitrogens is 2. The van der Waals surface area contributed by atoms with Crippen molar-refractivity contribution in [3.05, 3.63) is 54.2 Å². The number of oxazole rings is 1. The predicted molar refractivity (Wildman–Crippen MR) is 99.2 cm³/mol. The lowest BCUT2D eigenvalue weighted by Crippen LogP contribution is -2.28. The van der Waals surface area contributed by atoms with Crippen molar-refractivity contribution in [2.75, 3.05) is 18.8 Å². The molecule has 1 aliphatic heterocycles. The Bertz CT molecular complexity index is 1090. The van der Waals surface area contributed by atoms with Crippen molar-refractivity contribution in [3.8, 4) is 0 Å². The number of hydrogen-bond donors (Lipinski definition) is 0. The summed E-state index contributed by atoms with van der Waals surface area (Å²) in [5, 5.41) is 0. The van der Waals surface area contributed by atoms with E-state index in [4.69, 9.17) is 4.42 Å². The van der Waals surface area contributed by atoms with Gasteiger partial charge in [0.2, 0.25) is 0 Å². The van der Waals surface area contributed by atoms with Crippen LogP contribution < -0.4 is 0 Å². The van der Waals surface area contributed by atoms with Crippen LogP contribution in [0.2, 0.25) is 0 Å². The minimum atomic E-state index is -3.29. The third kappa shape index (κ3) is 3.32. The third-order valence-electron chi connectivity index (χ3n) is 4.87. The van der Waals surface area contributed by atoms with Crippen LogP contribution in [-0.4, -0.2) is 48.0 Å². The average molecular weight is 385 g/mol. The fourth-order valence-corrected chi connectivity index (χ4v) is 4.18. The molecule has 0 radical (unpaired) electrons. The Morgan fingerprint density at radius 2 is 2.04 bits per heavy atom. The normalized spacial score (nSPS) is 17.5. The zero-order valence-corrected chi connectivity index (χ0v) is 15.6. The van der Waals surface area contributed by atoms with E-state index in [0.29, 0.717) is 35.6 Å². The van der Waals surface area contributed by atoms with Gasteiger partial charge in [0.1, 0.15) is 5.52 Å². The molecule has 140 valence electrons. The smallest absolute Gasteiger partial charge is 0.253 e. The van der Waals surface area contributed by atoms with Crippen LogP contribution in [0.3, 0.4) is 0 Å². The van der Waals surface area contributed by atoms with Crippen molar-refractivity contribution in [3.63, 3.8) is 0 Å². The monoisotopic (exact) mass is 385 g/mol. The average Bonchev–Trinajstić information content (AvgIpc) is 3.34. The molecule has 1 aliphatic rings. The van der Waals surface area contributed by atoms with Crippen LogP contribution >= 0.6 is 0 Å². The molecular formula is C19H19N3O4S. The van der Waals surface area contributed by atoms with Crippen molar-refractivity contribution < 1.29 is 17.6 Å². The second-order valence-corrected chi connectivity index (χ2v) is 8.84. The Balaban J connectivity index is 1.56. The Labute approximate surface area is 156 Å². The summed E-state index contributed by atoms with van der Waals surface area (Å²) >= 11 is 0. The number of carbonyl (C=O) groups excluding carboxylic acids is 1. The van der Waals surface area contributed by atoms with Crippen LogP contribution in [0.25, 0.3) is 11.1 Å². The first-order valence-corrected chi connectivity index (χ1v) is 10.5. The summed E-state index contributed by atoms with van der Waals surface area (Å²) in [6.45, 7) is 2.76. The van der Waals surface area contributed by atoms with E-state index in [-0.39, 0.29) is 22.5 Å². The lowest BCUT2D eigenvalue weighted by Gasteiger charge is -2.15. The number of hydrogen-bond acceptors (Lipinski definition) is 6. The van der Waals surface area contributed by atoms with E-state index in [2.05, 4.69) is 9.97 Å². The molecule has 0 unspecified atom stereocenters. The fourth-order valence-electron chi connectivity index (χ4n) is 3.28. The molecule has 0 saturated carbocycles. The Morgan fingerprint density at radius 1 is 1.26 bits per heavy atom. The zero-order valence-electron chi connectivity index (χ0n) is 14.8. The predicted octanol–water partition coefficient (Wildman–Crippen LogP) is 2.65. The molecule has 1 fully saturated rings. The van der Waals surface area contributed by atoms with Gasteiger partial charge in [-0.15, -0.1) is 0 Å². The van der Waals surface area contributed by atoms with Gasteiger partial charge in [0.05, 0.1) is 16.6 Å². The molecule has 1 amide bonds. The first-order chi connectivity index (χ1) is 13.0. The van der Waals surface area contributed by atoms with Gasteiger partial charge in [0, 0.05) is 31.0 Å². The van der Waals surface area contributed by atoms with E-state index in [1.807, 2.05) is 0 Å². The standard InChI is InChI=1S/C19H19N3O4S/c1-2-27(24,25)15-3-4-17-16(11-15)21-18(26-17)14-7-10-22(12-14)19(23)13-5-8-20-9-6-13/h3-6,8-9,11,14H,2,7,10,12H2,1H3/t14-/m0/s1. The molecule has 2 aromatic heterocycles. The third-order valence-corrected chi connectivity index (χ3v) is 6.60. The second-order valence-electron chi connectivity index (χ2n) is 6.56. The van der Waals surface area contributed by atoms with Crippen LogP contribution in [0.5, 0.6) is 0 Å². The van der Waals surface area contributed by atoms with Crippen molar-refractivity contribution in [2.45, 2.75) is 24.2 Å². The number of likely N-dealkylation sites (tertiary alicyclic amines) is 1. The first kappa shape index (κ1) is 17.7. The Morgan fingerprint density at radius 3 is 2.78 bits per heavy atom. The van der Waals surface area contributed by atoms with Gasteiger partial charge in [-0.2, -0.15) is 0 Å². The Kier molecular flexibility index (Phi) is 4.43. The molecule has 0 N–H and O–H groups in total. The van der Waals surface area contributed by atoms with E-state index < -0.39 is 9.84 Å². The highest BCUT2D eigenvalue weighted by atomic mass is 32.2.